The number of halogens is 1. The average Bonchev–Trinajstić information content (AvgIpc) is 2.69. The molecule has 0 bridgehead atoms. The van der Waals surface area contributed by atoms with Crippen molar-refractivity contribution < 1.29 is 9.13 Å². The average molecular weight is 235 g/mol. The Hall–Kier alpha value is -2.04. The number of rotatable bonds is 3. The highest BCUT2D eigenvalue weighted by atomic mass is 19.1. The summed E-state index contributed by atoms with van der Waals surface area (Å²) in [5, 5.41) is 2.99. The Morgan fingerprint density at radius 3 is 3.29 bits per heavy atom. The maximum atomic E-state index is 13.1. The zero-order chi connectivity index (χ0) is 12.3. The Bertz CT molecular complexity index is 459. The fourth-order valence-corrected chi connectivity index (χ4v) is 1.69. The van der Waals surface area contributed by atoms with Crippen molar-refractivity contribution in [3.8, 4) is 5.75 Å². The van der Waals surface area contributed by atoms with E-state index >= 15 is 0 Å². The first-order valence-electron chi connectivity index (χ1n) is 5.30. The van der Waals surface area contributed by atoms with Gasteiger partial charge >= 0.3 is 0 Å². The maximum absolute atomic E-state index is 13.1. The van der Waals surface area contributed by atoms with Gasteiger partial charge in [-0.25, -0.2) is 9.38 Å². The summed E-state index contributed by atoms with van der Waals surface area (Å²) >= 11 is 0. The van der Waals surface area contributed by atoms with E-state index in [0.29, 0.717) is 24.9 Å². The lowest BCUT2D eigenvalue weighted by Gasteiger charge is -2.11. The minimum Gasteiger partial charge on any atom is -0.491 e. The summed E-state index contributed by atoms with van der Waals surface area (Å²) in [6.45, 7) is 4.41. The molecular formula is C12H14FN3O. The van der Waals surface area contributed by atoms with Crippen LogP contribution in [0.3, 0.4) is 0 Å². The predicted octanol–water partition coefficient (Wildman–Crippen LogP) is 1.35. The molecule has 1 unspecified atom stereocenters. The minimum absolute atomic E-state index is 0.158. The number of nitrogens with zero attached hydrogens (tertiary/aromatic N) is 1. The third-order valence-electron chi connectivity index (χ3n) is 2.47. The Kier molecular flexibility index (Phi) is 3.27. The molecule has 90 valence electrons. The van der Waals surface area contributed by atoms with Gasteiger partial charge in [0.1, 0.15) is 18.2 Å². The molecule has 1 aliphatic heterocycles. The van der Waals surface area contributed by atoms with Crippen LogP contribution >= 0.6 is 0 Å². The first-order chi connectivity index (χ1) is 8.20. The fourth-order valence-electron chi connectivity index (χ4n) is 1.69. The number of guanidine groups is 1. The van der Waals surface area contributed by atoms with Crippen LogP contribution in [0.5, 0.6) is 5.75 Å². The van der Waals surface area contributed by atoms with Crippen LogP contribution in [0.2, 0.25) is 0 Å². The van der Waals surface area contributed by atoms with Crippen molar-refractivity contribution in [2.75, 3.05) is 13.2 Å². The van der Waals surface area contributed by atoms with E-state index in [1.54, 1.807) is 12.1 Å². The van der Waals surface area contributed by atoms with Crippen LogP contribution in [0.4, 0.5) is 4.39 Å². The molecule has 1 atom stereocenters. The Labute approximate surface area is 99.0 Å². The van der Waals surface area contributed by atoms with E-state index in [0.717, 1.165) is 5.56 Å². The highest BCUT2D eigenvalue weighted by Crippen LogP contribution is 2.32. The Morgan fingerprint density at radius 2 is 2.53 bits per heavy atom. The quantitative estimate of drug-likeness (QED) is 0.472. The summed E-state index contributed by atoms with van der Waals surface area (Å²) in [5.41, 5.74) is 6.44. The third-order valence-corrected chi connectivity index (χ3v) is 2.47. The van der Waals surface area contributed by atoms with Crippen molar-refractivity contribution >= 4 is 5.96 Å². The predicted molar refractivity (Wildman–Crippen MR) is 64.5 cm³/mol. The van der Waals surface area contributed by atoms with Crippen LogP contribution in [-0.2, 0) is 0 Å². The molecule has 0 aliphatic carbocycles. The van der Waals surface area contributed by atoms with Crippen molar-refractivity contribution in [2.24, 2.45) is 10.7 Å². The summed E-state index contributed by atoms with van der Waals surface area (Å²) < 4.78 is 18.5. The van der Waals surface area contributed by atoms with Gasteiger partial charge in [0, 0.05) is 5.56 Å². The number of hydrogen-bond acceptors (Lipinski definition) is 2. The summed E-state index contributed by atoms with van der Waals surface area (Å²) in [7, 11) is 0. The number of nitrogens with two attached hydrogens (primary N) is 1. The molecule has 17 heavy (non-hydrogen) atoms. The molecule has 5 heteroatoms. The molecule has 0 saturated carbocycles. The smallest absolute Gasteiger partial charge is 0.189 e. The van der Waals surface area contributed by atoms with E-state index in [2.05, 4.69) is 16.9 Å². The first-order valence-corrected chi connectivity index (χ1v) is 5.30. The van der Waals surface area contributed by atoms with E-state index in [4.69, 9.17) is 10.5 Å². The molecule has 3 N–H and O–H groups in total. The topological polar surface area (TPSA) is 59.6 Å². The number of aliphatic imine (C=N–C) groups is 1. The van der Waals surface area contributed by atoms with Crippen LogP contribution in [-0.4, -0.2) is 19.1 Å². The number of hydrogen-bond donors (Lipinski definition) is 2. The number of nitrogens with one attached hydrogen (secondary N) is 1. The molecule has 0 radical (unpaired) electrons. The van der Waals surface area contributed by atoms with Crippen molar-refractivity contribution in [3.05, 3.63) is 42.2 Å². The maximum Gasteiger partial charge on any atom is 0.189 e. The molecule has 1 heterocycles. The molecule has 0 amide bonds. The third kappa shape index (κ3) is 2.55. The van der Waals surface area contributed by atoms with E-state index in [9.17, 15) is 4.39 Å². The van der Waals surface area contributed by atoms with Crippen molar-refractivity contribution in [3.63, 3.8) is 0 Å². The van der Waals surface area contributed by atoms with Crippen LogP contribution in [0.1, 0.15) is 11.6 Å². The summed E-state index contributed by atoms with van der Waals surface area (Å²) in [6.07, 6.45) is 1.65. The number of fused-ring (bicyclic) bond motifs is 1. The minimum atomic E-state index is -0.289. The fraction of sp³-hybridized carbons (Fsp3) is 0.250. The zero-order valence-electron chi connectivity index (χ0n) is 9.32. The second-order valence-electron chi connectivity index (χ2n) is 3.70. The molecule has 1 aliphatic rings. The molecule has 0 saturated heterocycles. The standard InChI is InChI=1S/C12H14FN3O/c1-2-5-15-12(14)16-10-7-17-11-4-3-8(13)6-9(10)11/h2-4,6,10H,1,5,7H2,(H3,14,15,16). The SMILES string of the molecule is C=CCN=C(N)NC1COc2ccc(F)cc21. The number of ether oxygens (including phenoxy) is 1. The second kappa shape index (κ2) is 4.86. The van der Waals surface area contributed by atoms with E-state index in [-0.39, 0.29) is 11.9 Å². The van der Waals surface area contributed by atoms with Crippen LogP contribution in [0, 0.1) is 5.82 Å². The van der Waals surface area contributed by atoms with Gasteiger partial charge in [0.2, 0.25) is 0 Å². The van der Waals surface area contributed by atoms with Gasteiger partial charge in [0.25, 0.3) is 0 Å². The molecule has 1 aromatic rings. The van der Waals surface area contributed by atoms with Gasteiger partial charge in [0.05, 0.1) is 12.6 Å². The van der Waals surface area contributed by atoms with Gasteiger partial charge in [-0.3, -0.25) is 0 Å². The number of benzene rings is 1. The largest absolute Gasteiger partial charge is 0.491 e. The molecule has 4 nitrogen and oxygen atoms in total. The Balaban J connectivity index is 2.11. The molecule has 0 spiro atoms. The van der Waals surface area contributed by atoms with Gasteiger partial charge in [-0.1, -0.05) is 6.08 Å². The molecule has 2 rings (SSSR count). The van der Waals surface area contributed by atoms with Crippen LogP contribution in [0.25, 0.3) is 0 Å². The van der Waals surface area contributed by atoms with Crippen LogP contribution in [0.15, 0.2) is 35.8 Å². The van der Waals surface area contributed by atoms with Crippen molar-refractivity contribution in [1.82, 2.24) is 5.32 Å². The van der Waals surface area contributed by atoms with Gasteiger partial charge in [-0.05, 0) is 18.2 Å². The van der Waals surface area contributed by atoms with Gasteiger partial charge in [-0.2, -0.15) is 0 Å². The first kappa shape index (κ1) is 11.4. The molecule has 0 aromatic heterocycles. The van der Waals surface area contributed by atoms with E-state index in [1.807, 2.05) is 0 Å². The molecule has 0 fully saturated rings. The highest BCUT2D eigenvalue weighted by molar-refractivity contribution is 5.78. The monoisotopic (exact) mass is 235 g/mol. The van der Waals surface area contributed by atoms with E-state index < -0.39 is 0 Å². The van der Waals surface area contributed by atoms with Crippen molar-refractivity contribution in [1.29, 1.82) is 0 Å². The lowest BCUT2D eigenvalue weighted by Crippen LogP contribution is -2.35. The lowest BCUT2D eigenvalue weighted by atomic mass is 10.1. The second-order valence-corrected chi connectivity index (χ2v) is 3.70. The normalized spacial score (nSPS) is 18.4. The van der Waals surface area contributed by atoms with Gasteiger partial charge in [0.15, 0.2) is 5.96 Å². The van der Waals surface area contributed by atoms with Crippen LogP contribution < -0.4 is 15.8 Å². The lowest BCUT2D eigenvalue weighted by molar-refractivity contribution is 0.324. The Morgan fingerprint density at radius 1 is 1.71 bits per heavy atom. The zero-order valence-corrected chi connectivity index (χ0v) is 9.32. The highest BCUT2D eigenvalue weighted by Gasteiger charge is 2.24. The van der Waals surface area contributed by atoms with E-state index in [1.165, 1.54) is 12.1 Å². The summed E-state index contributed by atoms with van der Waals surface area (Å²) in [5.74, 6) is 0.693. The molecular weight excluding hydrogens is 221 g/mol. The molecule has 1 aromatic carbocycles. The summed E-state index contributed by atoms with van der Waals surface area (Å²) in [4.78, 5) is 4.02. The van der Waals surface area contributed by atoms with Crippen molar-refractivity contribution in [2.45, 2.75) is 6.04 Å². The van der Waals surface area contributed by atoms with Gasteiger partial charge in [-0.15, -0.1) is 6.58 Å². The summed E-state index contributed by atoms with van der Waals surface area (Å²) in [6, 6.07) is 4.27. The van der Waals surface area contributed by atoms with Gasteiger partial charge < -0.3 is 15.8 Å².